The summed E-state index contributed by atoms with van der Waals surface area (Å²) in [5, 5.41) is 17.6. The van der Waals surface area contributed by atoms with Gasteiger partial charge in [-0.3, -0.25) is 9.48 Å². The lowest BCUT2D eigenvalue weighted by molar-refractivity contribution is -0.0605. The molecular weight excluding hydrogens is 270 g/mol. The van der Waals surface area contributed by atoms with Gasteiger partial charge >= 0.3 is 0 Å². The van der Waals surface area contributed by atoms with Crippen LogP contribution in [-0.4, -0.2) is 46.2 Å². The Labute approximate surface area is 125 Å². The molecular formula is C15H25N3O3. The highest BCUT2D eigenvalue weighted by molar-refractivity contribution is 5.92. The fourth-order valence-corrected chi connectivity index (χ4v) is 2.31. The molecule has 118 valence electrons. The predicted molar refractivity (Wildman–Crippen MR) is 79.2 cm³/mol. The number of ether oxygens (including phenoxy) is 1. The normalized spacial score (nSPS) is 18.5. The number of rotatable bonds is 3. The highest BCUT2D eigenvalue weighted by Crippen LogP contribution is 2.22. The molecule has 1 saturated heterocycles. The van der Waals surface area contributed by atoms with Gasteiger partial charge in [0.15, 0.2) is 0 Å². The second kappa shape index (κ2) is 5.77. The predicted octanol–water partition coefficient (Wildman–Crippen LogP) is 0.989. The van der Waals surface area contributed by atoms with Crippen LogP contribution in [-0.2, 0) is 17.2 Å². The summed E-state index contributed by atoms with van der Waals surface area (Å²) in [6, 6.07) is 1.81. The van der Waals surface area contributed by atoms with Gasteiger partial charge in [-0.25, -0.2) is 0 Å². The summed E-state index contributed by atoms with van der Waals surface area (Å²) in [5.41, 5.74) is 0.421. The maximum Gasteiger partial charge on any atom is 0.269 e. The molecule has 0 saturated carbocycles. The van der Waals surface area contributed by atoms with Crippen molar-refractivity contribution in [3.05, 3.63) is 17.5 Å². The SMILES string of the molecule is Cn1nc(C(C)(C)C)cc1C(=O)NCC1(O)CCOCC1. The van der Waals surface area contributed by atoms with Gasteiger partial charge in [-0.15, -0.1) is 0 Å². The Morgan fingerprint density at radius 2 is 2.10 bits per heavy atom. The lowest BCUT2D eigenvalue weighted by Gasteiger charge is -2.32. The van der Waals surface area contributed by atoms with Gasteiger partial charge in [0.25, 0.3) is 5.91 Å². The molecule has 6 heteroatoms. The first-order valence-corrected chi connectivity index (χ1v) is 7.34. The highest BCUT2D eigenvalue weighted by atomic mass is 16.5. The number of nitrogens with one attached hydrogen (secondary N) is 1. The molecule has 2 rings (SSSR count). The van der Waals surface area contributed by atoms with Crippen molar-refractivity contribution in [2.24, 2.45) is 7.05 Å². The van der Waals surface area contributed by atoms with Crippen molar-refractivity contribution in [3.8, 4) is 0 Å². The van der Waals surface area contributed by atoms with Gasteiger partial charge in [0.1, 0.15) is 5.69 Å². The summed E-state index contributed by atoms with van der Waals surface area (Å²) >= 11 is 0. The van der Waals surface area contributed by atoms with Crippen LogP contribution in [0.1, 0.15) is 49.8 Å². The summed E-state index contributed by atoms with van der Waals surface area (Å²) in [6.45, 7) is 7.48. The molecule has 0 spiro atoms. The second-order valence-corrected chi connectivity index (χ2v) is 6.81. The molecule has 0 aromatic carbocycles. The number of hydrogen-bond acceptors (Lipinski definition) is 4. The van der Waals surface area contributed by atoms with Crippen molar-refractivity contribution in [3.63, 3.8) is 0 Å². The Morgan fingerprint density at radius 1 is 1.48 bits per heavy atom. The molecule has 2 heterocycles. The quantitative estimate of drug-likeness (QED) is 0.872. The van der Waals surface area contributed by atoms with Gasteiger partial charge in [-0.05, 0) is 6.07 Å². The van der Waals surface area contributed by atoms with Gasteiger partial charge in [0.05, 0.1) is 11.3 Å². The van der Waals surface area contributed by atoms with Gasteiger partial charge in [0.2, 0.25) is 0 Å². The van der Waals surface area contributed by atoms with Gasteiger partial charge in [0, 0.05) is 45.1 Å². The van der Waals surface area contributed by atoms with Crippen LogP contribution in [0.25, 0.3) is 0 Å². The average Bonchev–Trinajstić information content (AvgIpc) is 2.79. The van der Waals surface area contributed by atoms with E-state index in [1.807, 2.05) is 6.07 Å². The maximum absolute atomic E-state index is 12.3. The number of aryl methyl sites for hydroxylation is 1. The third-order valence-electron chi connectivity index (χ3n) is 3.88. The first kappa shape index (κ1) is 16.0. The van der Waals surface area contributed by atoms with E-state index < -0.39 is 5.60 Å². The van der Waals surface area contributed by atoms with E-state index in [0.29, 0.717) is 31.7 Å². The van der Waals surface area contributed by atoms with E-state index in [-0.39, 0.29) is 17.9 Å². The van der Waals surface area contributed by atoms with E-state index in [9.17, 15) is 9.90 Å². The van der Waals surface area contributed by atoms with Crippen LogP contribution in [0, 0.1) is 0 Å². The van der Waals surface area contributed by atoms with Crippen LogP contribution in [0.3, 0.4) is 0 Å². The molecule has 21 heavy (non-hydrogen) atoms. The summed E-state index contributed by atoms with van der Waals surface area (Å²) in [7, 11) is 1.76. The van der Waals surface area contributed by atoms with Crippen LogP contribution in [0.2, 0.25) is 0 Å². The second-order valence-electron chi connectivity index (χ2n) is 6.81. The zero-order valence-electron chi connectivity index (χ0n) is 13.3. The molecule has 0 bridgehead atoms. The number of carbonyl (C=O) groups excluding carboxylic acids is 1. The number of nitrogens with zero attached hydrogens (tertiary/aromatic N) is 2. The number of aromatic nitrogens is 2. The Balaban J connectivity index is 2.02. The molecule has 0 unspecified atom stereocenters. The summed E-state index contributed by atoms with van der Waals surface area (Å²) in [6.07, 6.45) is 1.10. The molecule has 2 N–H and O–H groups in total. The third kappa shape index (κ3) is 3.83. The summed E-state index contributed by atoms with van der Waals surface area (Å²) in [4.78, 5) is 12.3. The molecule has 1 fully saturated rings. The van der Waals surface area contributed by atoms with Crippen molar-refractivity contribution < 1.29 is 14.6 Å². The minimum Gasteiger partial charge on any atom is -0.388 e. The molecule has 0 radical (unpaired) electrons. The minimum absolute atomic E-state index is 0.102. The Kier molecular flexibility index (Phi) is 4.39. The van der Waals surface area contributed by atoms with E-state index in [1.54, 1.807) is 11.7 Å². The number of aliphatic hydroxyl groups is 1. The van der Waals surface area contributed by atoms with Crippen LogP contribution >= 0.6 is 0 Å². The van der Waals surface area contributed by atoms with E-state index in [4.69, 9.17) is 4.74 Å². The van der Waals surface area contributed by atoms with Crippen molar-refractivity contribution in [2.75, 3.05) is 19.8 Å². The van der Waals surface area contributed by atoms with Crippen LogP contribution < -0.4 is 5.32 Å². The standard InChI is InChI=1S/C15H25N3O3/c1-14(2,3)12-9-11(18(4)17-12)13(19)16-10-15(20)5-7-21-8-6-15/h9,20H,5-8,10H2,1-4H3,(H,16,19). The zero-order chi connectivity index (χ0) is 15.7. The van der Waals surface area contributed by atoms with E-state index >= 15 is 0 Å². The first-order valence-electron chi connectivity index (χ1n) is 7.34. The largest absolute Gasteiger partial charge is 0.388 e. The van der Waals surface area contributed by atoms with Crippen molar-refractivity contribution in [1.29, 1.82) is 0 Å². The van der Waals surface area contributed by atoms with Crippen LogP contribution in [0.5, 0.6) is 0 Å². The van der Waals surface area contributed by atoms with Crippen LogP contribution in [0.15, 0.2) is 6.07 Å². The van der Waals surface area contributed by atoms with Gasteiger partial charge in [-0.2, -0.15) is 5.10 Å². The average molecular weight is 295 g/mol. The Bertz CT molecular complexity index is 511. The smallest absolute Gasteiger partial charge is 0.269 e. The highest BCUT2D eigenvalue weighted by Gasteiger charge is 2.31. The molecule has 1 aromatic rings. The van der Waals surface area contributed by atoms with Crippen molar-refractivity contribution in [1.82, 2.24) is 15.1 Å². The maximum atomic E-state index is 12.3. The minimum atomic E-state index is -0.862. The van der Waals surface area contributed by atoms with Gasteiger partial charge in [-0.1, -0.05) is 20.8 Å². The van der Waals surface area contributed by atoms with Gasteiger partial charge < -0.3 is 15.2 Å². The topological polar surface area (TPSA) is 76.4 Å². The van der Waals surface area contributed by atoms with Crippen LogP contribution in [0.4, 0.5) is 0 Å². The van der Waals surface area contributed by atoms with Crippen molar-refractivity contribution in [2.45, 2.75) is 44.6 Å². The monoisotopic (exact) mass is 295 g/mol. The summed E-state index contributed by atoms with van der Waals surface area (Å²) < 4.78 is 6.82. The zero-order valence-corrected chi connectivity index (χ0v) is 13.3. The fourth-order valence-electron chi connectivity index (χ4n) is 2.31. The number of amides is 1. The summed E-state index contributed by atoms with van der Waals surface area (Å²) in [5.74, 6) is -0.208. The van der Waals surface area contributed by atoms with E-state index in [1.165, 1.54) is 0 Å². The molecule has 6 nitrogen and oxygen atoms in total. The Morgan fingerprint density at radius 3 is 2.62 bits per heavy atom. The first-order chi connectivity index (χ1) is 9.71. The fraction of sp³-hybridized carbons (Fsp3) is 0.733. The lowest BCUT2D eigenvalue weighted by Crippen LogP contribution is -2.46. The lowest BCUT2D eigenvalue weighted by atomic mass is 9.92. The number of carbonyl (C=O) groups is 1. The molecule has 1 amide bonds. The van der Waals surface area contributed by atoms with Crippen molar-refractivity contribution >= 4 is 5.91 Å². The van der Waals surface area contributed by atoms with E-state index in [2.05, 4.69) is 31.2 Å². The molecule has 0 atom stereocenters. The third-order valence-corrected chi connectivity index (χ3v) is 3.88. The molecule has 1 aromatic heterocycles. The molecule has 0 aliphatic carbocycles. The molecule has 1 aliphatic rings. The molecule has 1 aliphatic heterocycles. The Hall–Kier alpha value is -1.40. The number of hydrogen-bond donors (Lipinski definition) is 2. The van der Waals surface area contributed by atoms with E-state index in [0.717, 1.165) is 5.69 Å².